The number of para-hydroxylation sites is 1. The second-order valence-electron chi connectivity index (χ2n) is 5.63. The van der Waals surface area contributed by atoms with E-state index < -0.39 is 16.1 Å². The highest BCUT2D eigenvalue weighted by molar-refractivity contribution is 7.92. The van der Waals surface area contributed by atoms with Crippen LogP contribution in [0, 0.1) is 0 Å². The Morgan fingerprint density at radius 1 is 1.32 bits per heavy atom. The predicted octanol–water partition coefficient (Wildman–Crippen LogP) is 1.46. The monoisotopic (exact) mass is 324 g/mol. The normalized spacial score (nSPS) is 13.3. The van der Waals surface area contributed by atoms with E-state index in [2.05, 4.69) is 18.6 Å². The van der Waals surface area contributed by atoms with Crippen molar-refractivity contribution < 1.29 is 18.1 Å². The van der Waals surface area contributed by atoms with Crippen LogP contribution in [0.15, 0.2) is 43.0 Å². The van der Waals surface area contributed by atoms with Gasteiger partial charge in [0.05, 0.1) is 18.0 Å². The molecular formula is C15H22N3O3S+. The summed E-state index contributed by atoms with van der Waals surface area (Å²) in [5, 5.41) is 10.4. The fraction of sp³-hybridized carbons (Fsp3) is 0.400. The number of imidazole rings is 1. The number of aromatic nitrogens is 2. The number of aliphatic hydroxyl groups is 1. The van der Waals surface area contributed by atoms with Crippen molar-refractivity contribution in [2.45, 2.75) is 32.5 Å². The van der Waals surface area contributed by atoms with E-state index in [1.165, 1.54) is 0 Å². The Morgan fingerprint density at radius 2 is 2.00 bits per heavy atom. The number of hydrogen-bond acceptors (Lipinski definition) is 3. The lowest BCUT2D eigenvalue weighted by atomic mass is 10.1. The Hall–Kier alpha value is -1.86. The van der Waals surface area contributed by atoms with E-state index in [0.29, 0.717) is 23.8 Å². The number of nitrogens with zero attached hydrogens (tertiary/aromatic N) is 2. The maximum absolute atomic E-state index is 11.4. The van der Waals surface area contributed by atoms with Crippen molar-refractivity contribution in [3.05, 3.63) is 48.5 Å². The molecule has 1 aromatic carbocycles. The van der Waals surface area contributed by atoms with Gasteiger partial charge in [0.1, 0.15) is 25.0 Å². The molecule has 0 saturated heterocycles. The van der Waals surface area contributed by atoms with Crippen molar-refractivity contribution in [1.82, 2.24) is 4.57 Å². The molecular weight excluding hydrogens is 302 g/mol. The summed E-state index contributed by atoms with van der Waals surface area (Å²) in [6.07, 6.45) is 6.03. The van der Waals surface area contributed by atoms with Gasteiger partial charge in [0, 0.05) is 5.56 Å². The second-order valence-corrected chi connectivity index (χ2v) is 7.38. The summed E-state index contributed by atoms with van der Waals surface area (Å²) >= 11 is 0. The fourth-order valence-corrected chi connectivity index (χ4v) is 2.79. The number of hydrogen-bond donors (Lipinski definition) is 2. The summed E-state index contributed by atoms with van der Waals surface area (Å²) in [4.78, 5) is 0. The maximum Gasteiger partial charge on any atom is 0.244 e. The van der Waals surface area contributed by atoms with Gasteiger partial charge >= 0.3 is 0 Å². The zero-order valence-electron chi connectivity index (χ0n) is 13.0. The average molecular weight is 324 g/mol. The zero-order chi connectivity index (χ0) is 16.3. The van der Waals surface area contributed by atoms with Crippen molar-refractivity contribution in [3.8, 4) is 0 Å². The first-order chi connectivity index (χ1) is 10.3. The zero-order valence-corrected chi connectivity index (χ0v) is 13.8. The molecule has 6 nitrogen and oxygen atoms in total. The molecule has 0 aliphatic carbocycles. The van der Waals surface area contributed by atoms with Gasteiger partial charge < -0.3 is 5.11 Å². The van der Waals surface area contributed by atoms with Crippen LogP contribution in [-0.2, 0) is 16.6 Å². The van der Waals surface area contributed by atoms with E-state index >= 15 is 0 Å². The van der Waals surface area contributed by atoms with E-state index in [1.807, 2.05) is 27.9 Å². The highest BCUT2D eigenvalue weighted by Crippen LogP contribution is 2.23. The molecule has 22 heavy (non-hydrogen) atoms. The van der Waals surface area contributed by atoms with Gasteiger partial charge in [0.2, 0.25) is 16.4 Å². The van der Waals surface area contributed by atoms with Crippen LogP contribution in [0.5, 0.6) is 0 Å². The van der Waals surface area contributed by atoms with Crippen molar-refractivity contribution >= 4 is 15.7 Å². The molecule has 2 N–H and O–H groups in total. The molecule has 2 rings (SSSR count). The third-order valence-corrected chi connectivity index (χ3v) is 3.90. The Morgan fingerprint density at radius 3 is 2.59 bits per heavy atom. The third-order valence-electron chi connectivity index (χ3n) is 3.31. The number of rotatable bonds is 6. The molecule has 0 radical (unpaired) electrons. The molecule has 1 atom stereocenters. The van der Waals surface area contributed by atoms with Crippen LogP contribution in [0.3, 0.4) is 0 Å². The lowest BCUT2D eigenvalue weighted by Gasteiger charge is -2.14. The second kappa shape index (κ2) is 6.50. The molecule has 1 unspecified atom stereocenters. The quantitative estimate of drug-likeness (QED) is 0.790. The van der Waals surface area contributed by atoms with Crippen molar-refractivity contribution in [3.63, 3.8) is 0 Å². The van der Waals surface area contributed by atoms with Gasteiger partial charge in [-0.3, -0.25) is 4.72 Å². The topological polar surface area (TPSA) is 75.2 Å². The minimum Gasteiger partial charge on any atom is -0.384 e. The summed E-state index contributed by atoms with van der Waals surface area (Å²) in [6.45, 7) is 4.50. The number of aliphatic hydroxyl groups excluding tert-OH is 1. The Bertz CT molecular complexity index is 738. The van der Waals surface area contributed by atoms with E-state index in [9.17, 15) is 13.5 Å². The van der Waals surface area contributed by atoms with Gasteiger partial charge in [-0.15, -0.1) is 0 Å². The first-order valence-electron chi connectivity index (χ1n) is 7.07. The standard InChI is InChI=1S/C15H22N3O3S/c1-12(2)18-9-8-17(11-18)10-15(19)13-6-4-5-7-14(13)16-22(3,20)21/h4-9,11-12,15-16,19H,10H2,1-3H3/q+1. The van der Waals surface area contributed by atoms with Crippen LogP contribution < -0.4 is 9.29 Å². The van der Waals surface area contributed by atoms with Gasteiger partial charge in [-0.1, -0.05) is 18.2 Å². The van der Waals surface area contributed by atoms with Gasteiger partial charge in [-0.05, 0) is 19.9 Å². The van der Waals surface area contributed by atoms with Crippen LogP contribution in [0.1, 0.15) is 31.6 Å². The first-order valence-corrected chi connectivity index (χ1v) is 8.96. The minimum absolute atomic E-state index is 0.345. The highest BCUT2D eigenvalue weighted by atomic mass is 32.2. The van der Waals surface area contributed by atoms with Crippen LogP contribution in [0.25, 0.3) is 0 Å². The van der Waals surface area contributed by atoms with Gasteiger partial charge in [0.25, 0.3) is 0 Å². The highest BCUT2D eigenvalue weighted by Gasteiger charge is 2.18. The molecule has 0 amide bonds. The summed E-state index contributed by atoms with van der Waals surface area (Å²) < 4.78 is 29.2. The van der Waals surface area contributed by atoms with Gasteiger partial charge in [-0.25, -0.2) is 17.6 Å². The number of sulfonamides is 1. The van der Waals surface area contributed by atoms with Crippen LogP contribution in [0.2, 0.25) is 0 Å². The first kappa shape index (κ1) is 16.5. The van der Waals surface area contributed by atoms with E-state index in [-0.39, 0.29) is 0 Å². The minimum atomic E-state index is -3.39. The number of benzene rings is 1. The molecule has 0 aliphatic heterocycles. The smallest absolute Gasteiger partial charge is 0.244 e. The van der Waals surface area contributed by atoms with Gasteiger partial charge in [0.15, 0.2) is 0 Å². The Balaban J connectivity index is 2.20. The van der Waals surface area contributed by atoms with Crippen molar-refractivity contribution in [1.29, 1.82) is 0 Å². The molecule has 1 aromatic heterocycles. The summed E-state index contributed by atoms with van der Waals surface area (Å²) in [5.41, 5.74) is 0.958. The maximum atomic E-state index is 11.4. The molecule has 0 fully saturated rings. The summed E-state index contributed by atoms with van der Waals surface area (Å²) in [7, 11) is -3.39. The third kappa shape index (κ3) is 4.32. The van der Waals surface area contributed by atoms with Crippen LogP contribution >= 0.6 is 0 Å². The molecule has 0 aliphatic rings. The Kier molecular flexibility index (Phi) is 4.87. The summed E-state index contributed by atoms with van der Waals surface area (Å²) in [5.74, 6) is 0. The SMILES string of the molecule is CC(C)n1cc[n+](CC(O)c2ccccc2NS(C)(=O)=O)c1. The molecule has 7 heteroatoms. The molecule has 0 spiro atoms. The van der Waals surface area contributed by atoms with Gasteiger partial charge in [-0.2, -0.15) is 0 Å². The summed E-state index contributed by atoms with van der Waals surface area (Å²) in [6, 6.07) is 7.21. The van der Waals surface area contributed by atoms with E-state index in [1.54, 1.807) is 24.3 Å². The number of anilines is 1. The predicted molar refractivity (Wildman–Crippen MR) is 84.9 cm³/mol. The van der Waals surface area contributed by atoms with Crippen molar-refractivity contribution in [2.75, 3.05) is 11.0 Å². The van der Waals surface area contributed by atoms with Crippen molar-refractivity contribution in [2.24, 2.45) is 0 Å². The fourth-order valence-electron chi connectivity index (χ4n) is 2.20. The molecule has 0 bridgehead atoms. The van der Waals surface area contributed by atoms with E-state index in [4.69, 9.17) is 0 Å². The largest absolute Gasteiger partial charge is 0.384 e. The Labute approximate surface area is 131 Å². The van der Waals surface area contributed by atoms with Crippen LogP contribution in [-0.4, -0.2) is 24.3 Å². The molecule has 0 saturated carbocycles. The lowest BCUT2D eigenvalue weighted by molar-refractivity contribution is -0.704. The van der Waals surface area contributed by atoms with Crippen LogP contribution in [0.4, 0.5) is 5.69 Å². The molecule has 2 aromatic rings. The average Bonchev–Trinajstić information content (AvgIpc) is 2.86. The lowest BCUT2D eigenvalue weighted by Crippen LogP contribution is -2.35. The van der Waals surface area contributed by atoms with E-state index in [0.717, 1.165) is 6.26 Å². The molecule has 120 valence electrons. The molecule has 1 heterocycles. The number of nitrogens with one attached hydrogen (secondary N) is 1.